The predicted octanol–water partition coefficient (Wildman–Crippen LogP) is 4.30. The van der Waals surface area contributed by atoms with Crippen LogP contribution in [0.4, 0.5) is 10.5 Å². The van der Waals surface area contributed by atoms with E-state index in [0.717, 1.165) is 40.9 Å². The highest BCUT2D eigenvalue weighted by Gasteiger charge is 2.40. The zero-order valence-electron chi connectivity index (χ0n) is 18.9. The van der Waals surface area contributed by atoms with Crippen molar-refractivity contribution in [3.05, 3.63) is 65.4 Å². The molecule has 1 saturated heterocycles. The maximum absolute atomic E-state index is 12.9. The van der Waals surface area contributed by atoms with Crippen molar-refractivity contribution in [1.29, 1.82) is 0 Å². The number of carbonyl (C=O) groups excluding carboxylic acids is 3. The Morgan fingerprint density at radius 2 is 1.88 bits per heavy atom. The fourth-order valence-corrected chi connectivity index (χ4v) is 4.92. The Labute approximate surface area is 192 Å². The number of anilines is 1. The third-order valence-corrected chi connectivity index (χ3v) is 6.68. The minimum Gasteiger partial charge on any atom is -0.356 e. The van der Waals surface area contributed by atoms with Crippen molar-refractivity contribution in [2.24, 2.45) is 0 Å². The second kappa shape index (κ2) is 8.39. The summed E-state index contributed by atoms with van der Waals surface area (Å²) in [5.41, 5.74) is 5.01. The number of hydrogen-bond donors (Lipinski definition) is 3. The van der Waals surface area contributed by atoms with Gasteiger partial charge in [0.15, 0.2) is 0 Å². The Balaban J connectivity index is 1.27. The lowest BCUT2D eigenvalue weighted by Gasteiger charge is -2.24. The second-order valence-corrected chi connectivity index (χ2v) is 9.20. The molecule has 5 rings (SSSR count). The topological polar surface area (TPSA) is 94.3 Å². The van der Waals surface area contributed by atoms with Crippen LogP contribution in [0.5, 0.6) is 0 Å². The number of carbonyl (C=O) groups is 3. The highest BCUT2D eigenvalue weighted by atomic mass is 16.2. The summed E-state index contributed by atoms with van der Waals surface area (Å²) >= 11 is 0. The van der Waals surface area contributed by atoms with Gasteiger partial charge in [-0.25, -0.2) is 9.69 Å². The summed E-state index contributed by atoms with van der Waals surface area (Å²) in [6.07, 6.45) is 2.72. The lowest BCUT2D eigenvalue weighted by Crippen LogP contribution is -2.38. The molecule has 1 aliphatic carbocycles. The van der Waals surface area contributed by atoms with Crippen molar-refractivity contribution in [3.63, 3.8) is 0 Å². The van der Waals surface area contributed by atoms with Crippen molar-refractivity contribution in [2.45, 2.75) is 57.5 Å². The van der Waals surface area contributed by atoms with E-state index in [-0.39, 0.29) is 18.4 Å². The van der Waals surface area contributed by atoms with Crippen LogP contribution < -0.4 is 15.5 Å². The van der Waals surface area contributed by atoms with Crippen LogP contribution in [0.3, 0.4) is 0 Å². The van der Waals surface area contributed by atoms with Crippen LogP contribution in [0.25, 0.3) is 10.9 Å². The van der Waals surface area contributed by atoms with E-state index < -0.39 is 18.0 Å². The highest BCUT2D eigenvalue weighted by molar-refractivity contribution is 6.22. The Hall–Kier alpha value is -3.61. The molecule has 1 aromatic heterocycles. The first kappa shape index (κ1) is 21.2. The average molecular weight is 445 g/mol. The average Bonchev–Trinajstić information content (AvgIpc) is 3.31. The maximum atomic E-state index is 12.9. The molecule has 7 heteroatoms. The van der Waals surface area contributed by atoms with E-state index >= 15 is 0 Å². The van der Waals surface area contributed by atoms with E-state index in [9.17, 15) is 14.4 Å². The summed E-state index contributed by atoms with van der Waals surface area (Å²) in [6, 6.07) is 14.1. The van der Waals surface area contributed by atoms with Gasteiger partial charge in [-0.15, -0.1) is 0 Å². The molecule has 2 atom stereocenters. The number of rotatable bonds is 5. The number of aromatic amines is 1. The standard InChI is InChI=1S/C26H28N4O3/c1-15(2)16-10-12-17(13-11-16)30-25(32)22(29-26(30)33)14-23(31)27-21-9-5-7-19-18-6-3-4-8-20(18)28-24(19)21/h3-4,6,8,10-13,15,21-22,28H,5,7,9,14H2,1-2H3,(H,27,31)(H,29,33)/t21-,22-/m0/s1. The number of benzene rings is 2. The molecule has 0 radical (unpaired) electrons. The molecule has 3 N–H and O–H groups in total. The first-order chi connectivity index (χ1) is 15.9. The van der Waals surface area contributed by atoms with Crippen molar-refractivity contribution < 1.29 is 14.4 Å². The van der Waals surface area contributed by atoms with Gasteiger partial charge in [-0.2, -0.15) is 0 Å². The van der Waals surface area contributed by atoms with Gasteiger partial charge >= 0.3 is 6.03 Å². The van der Waals surface area contributed by atoms with Crippen molar-refractivity contribution in [1.82, 2.24) is 15.6 Å². The lowest BCUT2D eigenvalue weighted by atomic mass is 9.91. The lowest BCUT2D eigenvalue weighted by molar-refractivity contribution is -0.126. The molecular formula is C26H28N4O3. The molecule has 0 spiro atoms. The smallest absolute Gasteiger partial charge is 0.329 e. The Morgan fingerprint density at radius 1 is 1.12 bits per heavy atom. The largest absolute Gasteiger partial charge is 0.356 e. The van der Waals surface area contributed by atoms with Crippen LogP contribution in [0.2, 0.25) is 0 Å². The van der Waals surface area contributed by atoms with Gasteiger partial charge in [0.05, 0.1) is 18.2 Å². The van der Waals surface area contributed by atoms with E-state index in [1.807, 2.05) is 30.3 Å². The molecule has 2 aromatic carbocycles. The number of aryl methyl sites for hydroxylation is 1. The first-order valence-electron chi connectivity index (χ1n) is 11.6. The number of fused-ring (bicyclic) bond motifs is 3. The van der Waals surface area contributed by atoms with Crippen LogP contribution in [-0.4, -0.2) is 28.9 Å². The summed E-state index contributed by atoms with van der Waals surface area (Å²) < 4.78 is 0. The number of hydrogen-bond acceptors (Lipinski definition) is 3. The number of urea groups is 1. The molecule has 1 fully saturated rings. The monoisotopic (exact) mass is 444 g/mol. The van der Waals surface area contributed by atoms with E-state index in [1.165, 1.54) is 10.9 Å². The highest BCUT2D eigenvalue weighted by Crippen LogP contribution is 2.34. The molecule has 7 nitrogen and oxygen atoms in total. The van der Waals surface area contributed by atoms with Gasteiger partial charge < -0.3 is 15.6 Å². The van der Waals surface area contributed by atoms with Crippen LogP contribution in [-0.2, 0) is 16.0 Å². The normalized spacial score (nSPS) is 20.3. The molecule has 0 saturated carbocycles. The van der Waals surface area contributed by atoms with Gasteiger partial charge in [-0.3, -0.25) is 9.59 Å². The quantitative estimate of drug-likeness (QED) is 0.512. The zero-order valence-corrected chi connectivity index (χ0v) is 18.9. The third-order valence-electron chi connectivity index (χ3n) is 6.68. The van der Waals surface area contributed by atoms with E-state index in [0.29, 0.717) is 11.6 Å². The summed E-state index contributed by atoms with van der Waals surface area (Å²) in [5, 5.41) is 6.95. The molecular weight excluding hydrogens is 416 g/mol. The number of para-hydroxylation sites is 1. The van der Waals surface area contributed by atoms with E-state index in [1.54, 1.807) is 12.1 Å². The number of imide groups is 1. The molecule has 0 bridgehead atoms. The maximum Gasteiger partial charge on any atom is 0.329 e. The van der Waals surface area contributed by atoms with Gasteiger partial charge in [0.2, 0.25) is 5.91 Å². The summed E-state index contributed by atoms with van der Waals surface area (Å²) in [7, 11) is 0. The van der Waals surface area contributed by atoms with Crippen LogP contribution in [0.15, 0.2) is 48.5 Å². The molecule has 0 unspecified atom stereocenters. The van der Waals surface area contributed by atoms with E-state index in [2.05, 4.69) is 35.5 Å². The minimum atomic E-state index is -0.868. The first-order valence-corrected chi connectivity index (χ1v) is 11.6. The van der Waals surface area contributed by atoms with Crippen molar-refractivity contribution >= 4 is 34.4 Å². The number of aromatic nitrogens is 1. The molecule has 170 valence electrons. The van der Waals surface area contributed by atoms with Gasteiger partial charge in [0.25, 0.3) is 5.91 Å². The Kier molecular flexibility index (Phi) is 5.40. The predicted molar refractivity (Wildman–Crippen MR) is 127 cm³/mol. The van der Waals surface area contributed by atoms with Crippen molar-refractivity contribution in [2.75, 3.05) is 4.90 Å². The van der Waals surface area contributed by atoms with Crippen LogP contribution in [0, 0.1) is 0 Å². The number of nitrogens with zero attached hydrogens (tertiary/aromatic N) is 1. The Morgan fingerprint density at radius 3 is 2.64 bits per heavy atom. The van der Waals surface area contributed by atoms with Crippen LogP contribution in [0.1, 0.15) is 61.9 Å². The molecule has 33 heavy (non-hydrogen) atoms. The molecule has 2 aliphatic rings. The number of nitrogens with one attached hydrogen (secondary N) is 3. The second-order valence-electron chi connectivity index (χ2n) is 9.20. The fraction of sp³-hybridized carbons (Fsp3) is 0.346. The Bertz CT molecular complexity index is 1230. The van der Waals surface area contributed by atoms with Gasteiger partial charge in [-0.1, -0.05) is 44.2 Å². The molecule has 4 amide bonds. The summed E-state index contributed by atoms with van der Waals surface area (Å²) in [4.78, 5) is 42.9. The number of H-pyrrole nitrogens is 1. The van der Waals surface area contributed by atoms with Gasteiger partial charge in [0, 0.05) is 16.6 Å². The fourth-order valence-electron chi connectivity index (χ4n) is 4.92. The minimum absolute atomic E-state index is 0.0861. The van der Waals surface area contributed by atoms with E-state index in [4.69, 9.17) is 0 Å². The van der Waals surface area contributed by atoms with Gasteiger partial charge in [-0.05, 0) is 54.5 Å². The van der Waals surface area contributed by atoms with Gasteiger partial charge in [0.1, 0.15) is 6.04 Å². The number of amides is 4. The van der Waals surface area contributed by atoms with Crippen molar-refractivity contribution in [3.8, 4) is 0 Å². The summed E-state index contributed by atoms with van der Waals surface area (Å²) in [5.74, 6) is -0.291. The molecule has 2 heterocycles. The third kappa shape index (κ3) is 3.88. The zero-order chi connectivity index (χ0) is 23.1. The molecule has 1 aliphatic heterocycles. The summed E-state index contributed by atoms with van der Waals surface area (Å²) in [6.45, 7) is 4.17. The molecule has 3 aromatic rings. The SMILES string of the molecule is CC(C)c1ccc(N2C(=O)N[C@@H](CC(=O)N[C@H]3CCCc4c3[nH]c3ccccc43)C2=O)cc1. The van der Waals surface area contributed by atoms with Crippen LogP contribution >= 0.6 is 0 Å².